The molecule has 0 spiro atoms. The summed E-state index contributed by atoms with van der Waals surface area (Å²) in [6.45, 7) is 12.9. The van der Waals surface area contributed by atoms with Gasteiger partial charge in [0.2, 0.25) is 0 Å². The van der Waals surface area contributed by atoms with Crippen molar-refractivity contribution in [3.05, 3.63) is 46.5 Å². The van der Waals surface area contributed by atoms with E-state index in [-0.39, 0.29) is 16.6 Å². The number of hydrogen-bond acceptors (Lipinski definition) is 3. The Kier molecular flexibility index (Phi) is 4.07. The molecule has 2 aromatic carbocycles. The van der Waals surface area contributed by atoms with Crippen molar-refractivity contribution in [1.29, 1.82) is 0 Å². The van der Waals surface area contributed by atoms with Gasteiger partial charge in [0.25, 0.3) is 0 Å². The first kappa shape index (κ1) is 17.7. The molecular formula is C20H24ClN3O. The summed E-state index contributed by atoms with van der Waals surface area (Å²) in [5.74, 6) is 0.171. The first-order valence-corrected chi connectivity index (χ1v) is 8.76. The number of rotatable bonds is 1. The zero-order valence-corrected chi connectivity index (χ0v) is 16.3. The Hall–Kier alpha value is -2.07. The van der Waals surface area contributed by atoms with Crippen LogP contribution in [0.15, 0.2) is 30.3 Å². The summed E-state index contributed by atoms with van der Waals surface area (Å²) in [5, 5.41) is 20.4. The molecule has 0 amide bonds. The number of fused-ring (bicyclic) bond motifs is 1. The number of aromatic nitrogens is 3. The van der Waals surface area contributed by atoms with Crippen LogP contribution < -0.4 is 0 Å². The number of phenolic OH excluding ortho intramolecular Hbond substituents is 1. The quantitative estimate of drug-likeness (QED) is 0.636. The van der Waals surface area contributed by atoms with Gasteiger partial charge in [-0.15, -0.1) is 15.0 Å². The third-order valence-corrected chi connectivity index (χ3v) is 4.49. The minimum Gasteiger partial charge on any atom is -0.506 e. The van der Waals surface area contributed by atoms with Gasteiger partial charge in [0, 0.05) is 5.02 Å². The highest BCUT2D eigenvalue weighted by molar-refractivity contribution is 6.31. The molecule has 1 heterocycles. The number of phenols is 1. The van der Waals surface area contributed by atoms with E-state index in [1.807, 2.05) is 12.1 Å². The third-order valence-electron chi connectivity index (χ3n) is 4.26. The molecule has 0 atom stereocenters. The molecule has 4 nitrogen and oxygen atoms in total. The van der Waals surface area contributed by atoms with Crippen molar-refractivity contribution >= 4 is 22.6 Å². The Morgan fingerprint density at radius 3 is 2.12 bits per heavy atom. The molecule has 0 aliphatic carbocycles. The fourth-order valence-corrected chi connectivity index (χ4v) is 3.32. The van der Waals surface area contributed by atoms with E-state index in [0.29, 0.717) is 16.2 Å². The van der Waals surface area contributed by atoms with E-state index in [9.17, 15) is 5.11 Å². The van der Waals surface area contributed by atoms with Gasteiger partial charge in [0.15, 0.2) is 0 Å². The average Bonchev–Trinajstić information content (AvgIpc) is 2.87. The second-order valence-corrected chi connectivity index (χ2v) is 8.91. The van der Waals surface area contributed by atoms with Crippen molar-refractivity contribution in [2.75, 3.05) is 0 Å². The molecule has 0 radical (unpaired) electrons. The van der Waals surface area contributed by atoms with Gasteiger partial charge in [-0.25, -0.2) is 0 Å². The number of nitrogens with zero attached hydrogens (tertiary/aromatic N) is 3. The molecule has 0 saturated heterocycles. The Labute approximate surface area is 153 Å². The van der Waals surface area contributed by atoms with Gasteiger partial charge < -0.3 is 5.11 Å². The number of halogens is 1. The van der Waals surface area contributed by atoms with E-state index < -0.39 is 0 Å². The average molecular weight is 358 g/mol. The molecule has 3 aromatic rings. The van der Waals surface area contributed by atoms with Crippen molar-refractivity contribution in [1.82, 2.24) is 15.0 Å². The van der Waals surface area contributed by atoms with Crippen molar-refractivity contribution in [2.45, 2.75) is 52.4 Å². The van der Waals surface area contributed by atoms with Crippen molar-refractivity contribution in [3.8, 4) is 11.4 Å². The van der Waals surface area contributed by atoms with Crippen molar-refractivity contribution in [3.63, 3.8) is 0 Å². The number of aromatic hydroxyl groups is 1. The SMILES string of the molecule is CC(C)(C)c1ccc(O)c(-n2nc3ccc(Cl)cc3n2)c1C(C)(C)C. The van der Waals surface area contributed by atoms with Gasteiger partial charge in [-0.3, -0.25) is 0 Å². The predicted molar refractivity (Wildman–Crippen MR) is 103 cm³/mol. The summed E-state index contributed by atoms with van der Waals surface area (Å²) in [5.41, 5.74) is 4.04. The van der Waals surface area contributed by atoms with Crippen LogP contribution >= 0.6 is 11.6 Å². The molecule has 0 aliphatic heterocycles. The van der Waals surface area contributed by atoms with E-state index in [1.54, 1.807) is 18.2 Å². The lowest BCUT2D eigenvalue weighted by Gasteiger charge is -2.32. The van der Waals surface area contributed by atoms with E-state index in [0.717, 1.165) is 11.1 Å². The van der Waals surface area contributed by atoms with E-state index >= 15 is 0 Å². The molecule has 25 heavy (non-hydrogen) atoms. The molecule has 1 aromatic heterocycles. The monoisotopic (exact) mass is 357 g/mol. The first-order chi connectivity index (χ1) is 11.5. The second kappa shape index (κ2) is 5.73. The fourth-order valence-electron chi connectivity index (χ4n) is 3.15. The maximum absolute atomic E-state index is 10.7. The topological polar surface area (TPSA) is 50.9 Å². The van der Waals surface area contributed by atoms with Crippen LogP contribution in [0.3, 0.4) is 0 Å². The largest absolute Gasteiger partial charge is 0.506 e. The first-order valence-electron chi connectivity index (χ1n) is 8.38. The molecule has 0 saturated carbocycles. The number of hydrogen-bond donors (Lipinski definition) is 1. The lowest BCUT2D eigenvalue weighted by Crippen LogP contribution is -2.25. The van der Waals surface area contributed by atoms with Gasteiger partial charge in [-0.05, 0) is 46.2 Å². The molecule has 1 N–H and O–H groups in total. The Balaban J connectivity index is 2.37. The lowest BCUT2D eigenvalue weighted by molar-refractivity contribution is 0.456. The molecule has 0 bridgehead atoms. The van der Waals surface area contributed by atoms with Crippen LogP contribution in [-0.4, -0.2) is 20.1 Å². The standard InChI is InChI=1S/C20H24ClN3O/c1-19(2,3)13-8-10-16(25)18(17(13)20(4,5)6)24-22-14-9-7-12(21)11-15(14)23-24/h7-11,25H,1-6H3. The second-order valence-electron chi connectivity index (χ2n) is 8.48. The minimum absolute atomic E-state index is 0.0685. The highest BCUT2D eigenvalue weighted by atomic mass is 35.5. The minimum atomic E-state index is -0.186. The highest BCUT2D eigenvalue weighted by Gasteiger charge is 2.31. The van der Waals surface area contributed by atoms with Gasteiger partial charge in [0.1, 0.15) is 22.5 Å². The van der Waals surface area contributed by atoms with Crippen LogP contribution in [0.2, 0.25) is 5.02 Å². The van der Waals surface area contributed by atoms with E-state index in [2.05, 4.69) is 51.7 Å². The predicted octanol–water partition coefficient (Wildman–Crippen LogP) is 5.37. The summed E-state index contributed by atoms with van der Waals surface area (Å²) in [4.78, 5) is 1.53. The highest BCUT2D eigenvalue weighted by Crippen LogP contribution is 2.41. The number of benzene rings is 2. The zero-order chi connectivity index (χ0) is 18.6. The normalized spacial score (nSPS) is 12.8. The van der Waals surface area contributed by atoms with Gasteiger partial charge in [-0.2, -0.15) is 0 Å². The fraction of sp³-hybridized carbons (Fsp3) is 0.400. The zero-order valence-electron chi connectivity index (χ0n) is 15.6. The van der Waals surface area contributed by atoms with Gasteiger partial charge in [-0.1, -0.05) is 59.2 Å². The van der Waals surface area contributed by atoms with Crippen LogP contribution in [0.25, 0.3) is 16.7 Å². The van der Waals surface area contributed by atoms with Gasteiger partial charge >= 0.3 is 0 Å². The molecule has 5 heteroatoms. The lowest BCUT2D eigenvalue weighted by atomic mass is 9.74. The van der Waals surface area contributed by atoms with Crippen molar-refractivity contribution in [2.24, 2.45) is 0 Å². The summed E-state index contributed by atoms with van der Waals surface area (Å²) in [6, 6.07) is 9.13. The summed E-state index contributed by atoms with van der Waals surface area (Å²) in [7, 11) is 0. The molecule has 0 fully saturated rings. The summed E-state index contributed by atoms with van der Waals surface area (Å²) < 4.78 is 0. The van der Waals surface area contributed by atoms with Crippen LogP contribution in [0.5, 0.6) is 5.75 Å². The van der Waals surface area contributed by atoms with Crippen LogP contribution in [0, 0.1) is 0 Å². The maximum atomic E-state index is 10.7. The summed E-state index contributed by atoms with van der Waals surface area (Å²) in [6.07, 6.45) is 0. The van der Waals surface area contributed by atoms with Crippen LogP contribution in [-0.2, 0) is 10.8 Å². The van der Waals surface area contributed by atoms with E-state index in [4.69, 9.17) is 11.6 Å². The maximum Gasteiger partial charge on any atom is 0.143 e. The van der Waals surface area contributed by atoms with Crippen LogP contribution in [0.4, 0.5) is 0 Å². The molecule has 132 valence electrons. The molecular weight excluding hydrogens is 334 g/mol. The van der Waals surface area contributed by atoms with Gasteiger partial charge in [0.05, 0.1) is 0 Å². The molecule has 3 rings (SSSR count). The third kappa shape index (κ3) is 3.23. The summed E-state index contributed by atoms with van der Waals surface area (Å²) >= 11 is 6.07. The molecule has 0 unspecified atom stereocenters. The van der Waals surface area contributed by atoms with Crippen molar-refractivity contribution < 1.29 is 5.11 Å². The van der Waals surface area contributed by atoms with E-state index in [1.165, 1.54) is 10.4 Å². The smallest absolute Gasteiger partial charge is 0.143 e. The molecule has 0 aliphatic rings. The van der Waals surface area contributed by atoms with Crippen LogP contribution in [0.1, 0.15) is 52.7 Å². The Morgan fingerprint density at radius 2 is 1.52 bits per heavy atom. The Morgan fingerprint density at radius 1 is 0.880 bits per heavy atom. The Bertz CT molecular complexity index is 946.